The zero-order chi connectivity index (χ0) is 15.7. The third kappa shape index (κ3) is 2.88. The summed E-state index contributed by atoms with van der Waals surface area (Å²) in [6, 6.07) is 12.7. The molecule has 2 aromatic carbocycles. The Morgan fingerprint density at radius 1 is 1.00 bits per heavy atom. The van der Waals surface area contributed by atoms with Crippen molar-refractivity contribution in [1.82, 2.24) is 4.98 Å². The lowest BCUT2D eigenvalue weighted by atomic mass is 10.2. The number of fused-ring (bicyclic) bond motifs is 1. The van der Waals surface area contributed by atoms with Crippen molar-refractivity contribution in [2.75, 3.05) is 0 Å². The van der Waals surface area contributed by atoms with Crippen LogP contribution in [-0.2, 0) is 10.1 Å². The van der Waals surface area contributed by atoms with E-state index in [0.29, 0.717) is 15.9 Å². The lowest BCUT2D eigenvalue weighted by molar-refractivity contribution is 0.487. The van der Waals surface area contributed by atoms with E-state index in [1.165, 1.54) is 24.4 Å². The summed E-state index contributed by atoms with van der Waals surface area (Å²) in [6.45, 7) is 0. The molecule has 0 atom stereocenters. The van der Waals surface area contributed by atoms with Gasteiger partial charge in [-0.15, -0.1) is 0 Å². The Morgan fingerprint density at radius 2 is 1.77 bits per heavy atom. The summed E-state index contributed by atoms with van der Waals surface area (Å²) in [4.78, 5) is 4.08. The molecule has 0 aliphatic heterocycles. The van der Waals surface area contributed by atoms with Crippen molar-refractivity contribution in [3.63, 3.8) is 0 Å². The Hall–Kier alpha value is -1.82. The Morgan fingerprint density at radius 3 is 2.59 bits per heavy atom. The number of rotatable bonds is 3. The molecule has 0 saturated heterocycles. The quantitative estimate of drug-likeness (QED) is 0.658. The molecule has 1 heterocycles. The second-order valence-electron chi connectivity index (χ2n) is 4.44. The van der Waals surface area contributed by atoms with Gasteiger partial charge in [0, 0.05) is 22.7 Å². The Bertz CT molecular complexity index is 953. The first-order valence-electron chi connectivity index (χ1n) is 6.21. The highest BCUT2D eigenvalue weighted by molar-refractivity contribution is 7.87. The number of para-hydroxylation sites is 1. The molecule has 0 bridgehead atoms. The van der Waals surface area contributed by atoms with E-state index >= 15 is 0 Å². The van der Waals surface area contributed by atoms with Gasteiger partial charge >= 0.3 is 10.1 Å². The van der Waals surface area contributed by atoms with Gasteiger partial charge in [0.2, 0.25) is 0 Å². The van der Waals surface area contributed by atoms with Crippen LogP contribution in [-0.4, -0.2) is 13.4 Å². The zero-order valence-corrected chi connectivity index (χ0v) is 13.4. The maximum Gasteiger partial charge on any atom is 0.341 e. The van der Waals surface area contributed by atoms with Crippen molar-refractivity contribution >= 4 is 44.2 Å². The summed E-state index contributed by atoms with van der Waals surface area (Å²) in [5, 5.41) is 1.18. The highest BCUT2D eigenvalue weighted by atomic mass is 35.5. The number of benzene rings is 2. The van der Waals surface area contributed by atoms with Crippen molar-refractivity contribution in [3.05, 3.63) is 64.8 Å². The van der Waals surface area contributed by atoms with Crippen molar-refractivity contribution in [3.8, 4) is 5.75 Å². The van der Waals surface area contributed by atoms with Crippen molar-refractivity contribution in [1.29, 1.82) is 0 Å². The molecule has 3 aromatic rings. The van der Waals surface area contributed by atoms with E-state index in [0.717, 1.165) is 0 Å². The number of halogens is 2. The van der Waals surface area contributed by atoms with Crippen LogP contribution in [0.3, 0.4) is 0 Å². The van der Waals surface area contributed by atoms with Crippen molar-refractivity contribution in [2.45, 2.75) is 4.90 Å². The minimum absolute atomic E-state index is 0.0258. The molecular weight excluding hydrogens is 345 g/mol. The average Bonchev–Trinajstić information content (AvgIpc) is 2.50. The van der Waals surface area contributed by atoms with Crippen LogP contribution in [0.25, 0.3) is 10.9 Å². The van der Waals surface area contributed by atoms with E-state index in [2.05, 4.69) is 4.98 Å². The highest BCUT2D eigenvalue weighted by Gasteiger charge is 2.21. The topological polar surface area (TPSA) is 56.3 Å². The van der Waals surface area contributed by atoms with Crippen molar-refractivity contribution in [2.24, 2.45) is 0 Å². The van der Waals surface area contributed by atoms with Gasteiger partial charge in [-0.05, 0) is 24.3 Å². The predicted octanol–water partition coefficient (Wildman–Crippen LogP) is 4.31. The number of pyridine rings is 1. The first kappa shape index (κ1) is 15.1. The van der Waals surface area contributed by atoms with Gasteiger partial charge in [0.25, 0.3) is 0 Å². The second-order valence-corrected chi connectivity index (χ2v) is 6.80. The molecule has 0 radical (unpaired) electrons. The standard InChI is InChI=1S/C15H9Cl2NO3S/c16-11-6-7-12(17)13(9-11)21-22(19,20)14-5-1-3-10-4-2-8-18-15(10)14/h1-9H. The molecule has 22 heavy (non-hydrogen) atoms. The number of aromatic nitrogens is 1. The van der Waals surface area contributed by atoms with Gasteiger partial charge < -0.3 is 4.18 Å². The lowest BCUT2D eigenvalue weighted by Crippen LogP contribution is -2.11. The fourth-order valence-electron chi connectivity index (χ4n) is 1.98. The number of hydrogen-bond acceptors (Lipinski definition) is 4. The third-order valence-electron chi connectivity index (χ3n) is 2.96. The second kappa shape index (κ2) is 5.76. The molecule has 1 aromatic heterocycles. The molecule has 0 aliphatic carbocycles. The van der Waals surface area contributed by atoms with Gasteiger partial charge in [-0.3, -0.25) is 4.98 Å². The molecule has 0 unspecified atom stereocenters. The largest absolute Gasteiger partial charge is 0.377 e. The fraction of sp³-hybridized carbons (Fsp3) is 0. The molecular formula is C15H9Cl2NO3S. The molecule has 0 amide bonds. The Kier molecular flexibility index (Phi) is 3.95. The molecule has 0 aliphatic rings. The van der Waals surface area contributed by atoms with Gasteiger partial charge in [-0.2, -0.15) is 8.42 Å². The van der Waals surface area contributed by atoms with Crippen LogP contribution in [0.4, 0.5) is 0 Å². The molecule has 0 fully saturated rings. The van der Waals surface area contributed by atoms with Gasteiger partial charge in [0.05, 0.1) is 10.5 Å². The van der Waals surface area contributed by atoms with Gasteiger partial charge in [0.1, 0.15) is 4.90 Å². The Balaban J connectivity index is 2.11. The first-order chi connectivity index (χ1) is 10.5. The van der Waals surface area contributed by atoms with Gasteiger partial charge in [-0.1, -0.05) is 41.4 Å². The lowest BCUT2D eigenvalue weighted by Gasteiger charge is -2.10. The van der Waals surface area contributed by atoms with Crippen LogP contribution in [0.1, 0.15) is 0 Å². The third-order valence-corrected chi connectivity index (χ3v) is 4.77. The van der Waals surface area contributed by atoms with E-state index in [-0.39, 0.29) is 15.7 Å². The van der Waals surface area contributed by atoms with Crippen LogP contribution in [0.2, 0.25) is 10.0 Å². The first-order valence-corrected chi connectivity index (χ1v) is 8.37. The summed E-state index contributed by atoms with van der Waals surface area (Å²) in [5.74, 6) is -0.0258. The fourth-order valence-corrected chi connectivity index (χ4v) is 3.46. The summed E-state index contributed by atoms with van der Waals surface area (Å²) < 4.78 is 30.2. The summed E-state index contributed by atoms with van der Waals surface area (Å²) in [7, 11) is -4.08. The van der Waals surface area contributed by atoms with E-state index in [1.807, 2.05) is 0 Å². The van der Waals surface area contributed by atoms with Crippen LogP contribution in [0, 0.1) is 0 Å². The molecule has 112 valence electrons. The van der Waals surface area contributed by atoms with Crippen molar-refractivity contribution < 1.29 is 12.6 Å². The molecule has 0 N–H and O–H groups in total. The average molecular weight is 354 g/mol. The van der Waals surface area contributed by atoms with E-state index in [1.54, 1.807) is 30.3 Å². The minimum atomic E-state index is -4.08. The maximum absolute atomic E-state index is 12.5. The summed E-state index contributed by atoms with van der Waals surface area (Å²) >= 11 is 11.8. The van der Waals surface area contributed by atoms with E-state index < -0.39 is 10.1 Å². The van der Waals surface area contributed by atoms with Gasteiger partial charge in [0.15, 0.2) is 5.75 Å². The Labute approximate surface area is 137 Å². The number of hydrogen-bond donors (Lipinski definition) is 0. The minimum Gasteiger partial charge on any atom is -0.377 e. The van der Waals surface area contributed by atoms with E-state index in [9.17, 15) is 8.42 Å². The van der Waals surface area contributed by atoms with Crippen LogP contribution in [0.5, 0.6) is 5.75 Å². The SMILES string of the molecule is O=S(=O)(Oc1cc(Cl)ccc1Cl)c1cccc2cccnc12. The monoisotopic (exact) mass is 353 g/mol. The highest BCUT2D eigenvalue weighted by Crippen LogP contribution is 2.31. The summed E-state index contributed by atoms with van der Waals surface area (Å²) in [5.41, 5.74) is 0.336. The maximum atomic E-state index is 12.5. The van der Waals surface area contributed by atoms with Crippen LogP contribution < -0.4 is 4.18 Å². The molecule has 3 rings (SSSR count). The molecule has 4 nitrogen and oxygen atoms in total. The number of nitrogens with zero attached hydrogens (tertiary/aromatic N) is 1. The van der Waals surface area contributed by atoms with E-state index in [4.69, 9.17) is 27.4 Å². The summed E-state index contributed by atoms with van der Waals surface area (Å²) in [6.07, 6.45) is 1.52. The van der Waals surface area contributed by atoms with Gasteiger partial charge in [-0.25, -0.2) is 0 Å². The molecule has 7 heteroatoms. The van der Waals surface area contributed by atoms with Crippen LogP contribution >= 0.6 is 23.2 Å². The predicted molar refractivity (Wildman–Crippen MR) is 86.0 cm³/mol. The molecule has 0 saturated carbocycles. The normalized spacial score (nSPS) is 11.5. The zero-order valence-electron chi connectivity index (χ0n) is 11.0. The smallest absolute Gasteiger partial charge is 0.341 e. The van der Waals surface area contributed by atoms with Crippen LogP contribution in [0.15, 0.2) is 59.6 Å². The molecule has 0 spiro atoms.